The van der Waals surface area contributed by atoms with Crippen LogP contribution < -0.4 is 4.74 Å². The Morgan fingerprint density at radius 1 is 1.08 bits per heavy atom. The third kappa shape index (κ3) is 4.52. The summed E-state index contributed by atoms with van der Waals surface area (Å²) < 4.78 is 7.22. The van der Waals surface area contributed by atoms with Crippen LogP contribution in [0.15, 0.2) is 60.7 Å². The van der Waals surface area contributed by atoms with E-state index in [1.165, 1.54) is 0 Å². The number of benzene rings is 2. The number of nitrogens with zero attached hydrogens (tertiary/aromatic N) is 2. The number of hydrogen-bond acceptors (Lipinski definition) is 3. The lowest BCUT2D eigenvalue weighted by Gasteiger charge is -2.08. The van der Waals surface area contributed by atoms with Crippen LogP contribution >= 0.6 is 11.6 Å². The second kappa shape index (κ2) is 8.68. The molecular weight excluding hydrogens is 348 g/mol. The Labute approximate surface area is 158 Å². The van der Waals surface area contributed by atoms with Gasteiger partial charge in [-0.3, -0.25) is 4.79 Å². The molecule has 0 amide bonds. The highest BCUT2D eigenvalue weighted by atomic mass is 35.5. The van der Waals surface area contributed by atoms with Gasteiger partial charge in [-0.05, 0) is 24.6 Å². The van der Waals surface area contributed by atoms with Crippen molar-refractivity contribution in [1.82, 2.24) is 9.78 Å². The Hall–Kier alpha value is -2.59. The van der Waals surface area contributed by atoms with E-state index in [9.17, 15) is 4.79 Å². The van der Waals surface area contributed by atoms with Gasteiger partial charge in [-0.1, -0.05) is 67.8 Å². The highest BCUT2D eigenvalue weighted by molar-refractivity contribution is 6.30. The number of rotatable bonds is 7. The second-order valence-corrected chi connectivity index (χ2v) is 6.49. The summed E-state index contributed by atoms with van der Waals surface area (Å²) in [5.74, 6) is 0.147. The van der Waals surface area contributed by atoms with E-state index < -0.39 is 0 Å². The molecule has 0 N–H and O–H groups in total. The van der Waals surface area contributed by atoms with Crippen LogP contribution in [0, 0.1) is 0 Å². The first-order valence-corrected chi connectivity index (χ1v) is 9.17. The summed E-state index contributed by atoms with van der Waals surface area (Å²) >= 11 is 6.11. The molecule has 0 saturated heterocycles. The Bertz CT molecular complexity index is 875. The van der Waals surface area contributed by atoms with Gasteiger partial charge in [0.15, 0.2) is 0 Å². The predicted octanol–water partition coefficient (Wildman–Crippen LogP) is 5.68. The highest BCUT2D eigenvalue weighted by Crippen LogP contribution is 2.27. The molecule has 134 valence electrons. The second-order valence-electron chi connectivity index (χ2n) is 6.06. The topological polar surface area (TPSA) is 44.1 Å². The van der Waals surface area contributed by atoms with Gasteiger partial charge in [0.25, 0.3) is 0 Å². The lowest BCUT2D eigenvalue weighted by Crippen LogP contribution is -2.11. The van der Waals surface area contributed by atoms with Crippen molar-refractivity contribution < 1.29 is 9.53 Å². The number of aromatic nitrogens is 2. The molecule has 0 spiro atoms. The molecule has 0 aliphatic rings. The van der Waals surface area contributed by atoms with Crippen molar-refractivity contribution in [2.24, 2.45) is 0 Å². The Morgan fingerprint density at radius 2 is 1.88 bits per heavy atom. The van der Waals surface area contributed by atoms with Crippen LogP contribution in [0.25, 0.3) is 16.9 Å². The van der Waals surface area contributed by atoms with Gasteiger partial charge in [0, 0.05) is 23.1 Å². The molecule has 4 nitrogen and oxygen atoms in total. The van der Waals surface area contributed by atoms with Crippen LogP contribution in [0.2, 0.25) is 5.02 Å². The molecule has 1 heterocycles. The zero-order chi connectivity index (χ0) is 18.4. The van der Waals surface area contributed by atoms with E-state index in [1.807, 2.05) is 42.5 Å². The van der Waals surface area contributed by atoms with E-state index >= 15 is 0 Å². The molecule has 0 bridgehead atoms. The minimum atomic E-state index is -0.249. The smallest absolute Gasteiger partial charge is 0.312 e. The third-order valence-electron chi connectivity index (χ3n) is 4.00. The zero-order valence-electron chi connectivity index (χ0n) is 14.7. The van der Waals surface area contributed by atoms with E-state index in [1.54, 1.807) is 22.9 Å². The minimum Gasteiger partial charge on any atom is -0.407 e. The fraction of sp³-hybridized carbons (Fsp3) is 0.238. The fourth-order valence-corrected chi connectivity index (χ4v) is 2.85. The lowest BCUT2D eigenvalue weighted by atomic mass is 10.2. The highest BCUT2D eigenvalue weighted by Gasteiger charge is 2.15. The van der Waals surface area contributed by atoms with Gasteiger partial charge in [0.2, 0.25) is 5.88 Å². The van der Waals surface area contributed by atoms with E-state index in [2.05, 4.69) is 12.0 Å². The van der Waals surface area contributed by atoms with Crippen molar-refractivity contribution >= 4 is 17.6 Å². The van der Waals surface area contributed by atoms with E-state index in [0.29, 0.717) is 17.3 Å². The van der Waals surface area contributed by atoms with Crippen LogP contribution in [0.3, 0.4) is 0 Å². The average Bonchev–Trinajstić information content (AvgIpc) is 3.06. The number of unbranched alkanes of at least 4 members (excludes halogenated alkanes) is 2. The Morgan fingerprint density at radius 3 is 2.62 bits per heavy atom. The summed E-state index contributed by atoms with van der Waals surface area (Å²) in [6, 6.07) is 18.9. The first-order chi connectivity index (χ1) is 12.7. The van der Waals surface area contributed by atoms with Crippen molar-refractivity contribution in [2.75, 3.05) is 0 Å². The number of hydrogen-bond donors (Lipinski definition) is 0. The van der Waals surface area contributed by atoms with Crippen molar-refractivity contribution in [3.05, 3.63) is 65.7 Å². The molecule has 0 fully saturated rings. The fourth-order valence-electron chi connectivity index (χ4n) is 2.67. The minimum absolute atomic E-state index is 0.249. The molecular formula is C21H21ClN2O2. The number of esters is 1. The number of carbonyl (C=O) groups excluding carboxylic acids is 1. The average molecular weight is 369 g/mol. The normalized spacial score (nSPS) is 10.7. The van der Waals surface area contributed by atoms with Crippen LogP contribution in [-0.2, 0) is 4.79 Å². The van der Waals surface area contributed by atoms with Crippen molar-refractivity contribution in [3.63, 3.8) is 0 Å². The third-order valence-corrected chi connectivity index (χ3v) is 4.24. The van der Waals surface area contributed by atoms with Gasteiger partial charge in [-0.15, -0.1) is 0 Å². The zero-order valence-corrected chi connectivity index (χ0v) is 15.4. The number of carbonyl (C=O) groups is 1. The van der Waals surface area contributed by atoms with E-state index in [-0.39, 0.29) is 5.97 Å². The van der Waals surface area contributed by atoms with Gasteiger partial charge in [-0.25, -0.2) is 0 Å². The van der Waals surface area contributed by atoms with Gasteiger partial charge < -0.3 is 4.74 Å². The molecule has 0 unspecified atom stereocenters. The van der Waals surface area contributed by atoms with Crippen LogP contribution in [-0.4, -0.2) is 15.7 Å². The molecule has 0 radical (unpaired) electrons. The standard InChI is InChI=1S/C21H21ClN2O2/c1-2-3-5-13-21(25)26-20-15-19(16-9-6-4-7-10-16)23-24(20)18-12-8-11-17(22)14-18/h4,6-12,14-15H,2-3,5,13H2,1H3. The molecule has 1 aromatic heterocycles. The maximum absolute atomic E-state index is 12.2. The molecule has 3 aromatic rings. The van der Waals surface area contributed by atoms with E-state index in [4.69, 9.17) is 16.3 Å². The molecule has 2 aromatic carbocycles. The monoisotopic (exact) mass is 368 g/mol. The van der Waals surface area contributed by atoms with Gasteiger partial charge in [-0.2, -0.15) is 9.78 Å². The summed E-state index contributed by atoms with van der Waals surface area (Å²) in [6.45, 7) is 2.10. The van der Waals surface area contributed by atoms with Crippen molar-refractivity contribution in [3.8, 4) is 22.8 Å². The number of ether oxygens (including phenoxy) is 1. The summed E-state index contributed by atoms with van der Waals surface area (Å²) in [5.41, 5.74) is 2.44. The quantitative estimate of drug-likeness (QED) is 0.398. The SMILES string of the molecule is CCCCCC(=O)Oc1cc(-c2ccccc2)nn1-c1cccc(Cl)c1. The van der Waals surface area contributed by atoms with Crippen LogP contribution in [0.1, 0.15) is 32.6 Å². The van der Waals surface area contributed by atoms with Crippen LogP contribution in [0.5, 0.6) is 5.88 Å². The molecule has 26 heavy (non-hydrogen) atoms. The first kappa shape index (κ1) is 18.2. The maximum Gasteiger partial charge on any atom is 0.312 e. The largest absolute Gasteiger partial charge is 0.407 e. The molecule has 0 saturated carbocycles. The number of halogens is 1. The van der Waals surface area contributed by atoms with Gasteiger partial charge in [0.1, 0.15) is 0 Å². The molecule has 5 heteroatoms. The van der Waals surface area contributed by atoms with Gasteiger partial charge in [0.05, 0.1) is 11.4 Å². The molecule has 3 rings (SSSR count). The molecule has 0 aliphatic carbocycles. The first-order valence-electron chi connectivity index (χ1n) is 8.79. The van der Waals surface area contributed by atoms with Crippen molar-refractivity contribution in [1.29, 1.82) is 0 Å². The summed E-state index contributed by atoms with van der Waals surface area (Å²) in [4.78, 5) is 12.2. The van der Waals surface area contributed by atoms with E-state index in [0.717, 1.165) is 36.2 Å². The maximum atomic E-state index is 12.2. The predicted molar refractivity (Wildman–Crippen MR) is 104 cm³/mol. The molecule has 0 atom stereocenters. The molecule has 0 aliphatic heterocycles. The Kier molecular flexibility index (Phi) is 6.08. The Balaban J connectivity index is 1.93. The van der Waals surface area contributed by atoms with Crippen LogP contribution in [0.4, 0.5) is 0 Å². The summed E-state index contributed by atoms with van der Waals surface area (Å²) in [5, 5.41) is 5.22. The lowest BCUT2D eigenvalue weighted by molar-refractivity contribution is -0.134. The summed E-state index contributed by atoms with van der Waals surface area (Å²) in [7, 11) is 0. The van der Waals surface area contributed by atoms with Crippen molar-refractivity contribution in [2.45, 2.75) is 32.6 Å². The van der Waals surface area contributed by atoms with Gasteiger partial charge >= 0.3 is 5.97 Å². The summed E-state index contributed by atoms with van der Waals surface area (Å²) in [6.07, 6.45) is 3.30.